The molecular weight excluding hydrogens is 287 g/mol. The Bertz CT molecular complexity index is 534. The van der Waals surface area contributed by atoms with Crippen molar-refractivity contribution in [3.8, 4) is 0 Å². The van der Waals surface area contributed by atoms with Gasteiger partial charge in [-0.15, -0.1) is 0 Å². The minimum Gasteiger partial charge on any atom is -0.360 e. The van der Waals surface area contributed by atoms with Crippen molar-refractivity contribution in [1.29, 1.82) is 0 Å². The van der Waals surface area contributed by atoms with Gasteiger partial charge in [-0.1, -0.05) is 0 Å². The van der Waals surface area contributed by atoms with E-state index in [2.05, 4.69) is 4.90 Å². The van der Waals surface area contributed by atoms with Crippen molar-refractivity contribution in [2.24, 2.45) is 23.7 Å². The van der Waals surface area contributed by atoms with Crippen LogP contribution in [-0.4, -0.2) is 32.2 Å². The number of hydrogen-bond donors (Lipinski definition) is 1. The van der Waals surface area contributed by atoms with Gasteiger partial charge in [-0.05, 0) is 68.2 Å². The number of benzene rings is 1. The van der Waals surface area contributed by atoms with E-state index in [1.807, 2.05) is 17.0 Å². The fraction of sp³-hybridized carbons (Fsp3) is 0.700. The minimum absolute atomic E-state index is 0.133. The maximum Gasteiger partial charge on any atom is 0.123 e. The summed E-state index contributed by atoms with van der Waals surface area (Å²) in [6.07, 6.45) is 7.67. The van der Waals surface area contributed by atoms with Gasteiger partial charge in [-0.2, -0.15) is 0 Å². The molecule has 1 aromatic carbocycles. The molecule has 0 amide bonds. The van der Waals surface area contributed by atoms with Crippen molar-refractivity contribution in [2.75, 3.05) is 31.1 Å². The molecule has 1 aromatic rings. The fourth-order valence-electron chi connectivity index (χ4n) is 6.63. The van der Waals surface area contributed by atoms with Gasteiger partial charge < -0.3 is 9.80 Å². The molecule has 1 N–H and O–H groups in total. The Morgan fingerprint density at radius 3 is 1.96 bits per heavy atom. The molecule has 23 heavy (non-hydrogen) atoms. The van der Waals surface area contributed by atoms with Crippen molar-refractivity contribution in [1.82, 2.24) is 0 Å². The number of hydrogen-bond acceptors (Lipinski definition) is 1. The summed E-state index contributed by atoms with van der Waals surface area (Å²) < 4.78 is 13.1. The molecule has 3 heteroatoms. The van der Waals surface area contributed by atoms with E-state index in [0.717, 1.165) is 42.8 Å². The highest BCUT2D eigenvalue weighted by molar-refractivity contribution is 5.46. The highest BCUT2D eigenvalue weighted by Crippen LogP contribution is 2.53. The first kappa shape index (κ1) is 14.3. The van der Waals surface area contributed by atoms with Crippen LogP contribution in [0.15, 0.2) is 24.3 Å². The molecule has 4 saturated carbocycles. The third kappa shape index (κ3) is 2.48. The van der Waals surface area contributed by atoms with Gasteiger partial charge in [0.1, 0.15) is 5.82 Å². The Labute approximate surface area is 138 Å². The van der Waals surface area contributed by atoms with Crippen LogP contribution in [0.4, 0.5) is 10.1 Å². The largest absolute Gasteiger partial charge is 0.360 e. The lowest BCUT2D eigenvalue weighted by atomic mass is 9.54. The summed E-state index contributed by atoms with van der Waals surface area (Å²) >= 11 is 0. The van der Waals surface area contributed by atoms with Crippen molar-refractivity contribution in [3.05, 3.63) is 30.1 Å². The third-order valence-corrected chi connectivity index (χ3v) is 7.30. The molecule has 1 aliphatic heterocycles. The van der Waals surface area contributed by atoms with Crippen molar-refractivity contribution in [2.45, 2.75) is 38.1 Å². The number of halogens is 1. The molecule has 0 spiro atoms. The summed E-state index contributed by atoms with van der Waals surface area (Å²) in [4.78, 5) is 4.33. The first-order chi connectivity index (χ1) is 11.3. The van der Waals surface area contributed by atoms with E-state index in [1.54, 1.807) is 18.6 Å². The summed E-state index contributed by atoms with van der Waals surface area (Å²) in [5, 5.41) is 0. The number of piperazine rings is 1. The topological polar surface area (TPSA) is 7.68 Å². The summed E-state index contributed by atoms with van der Waals surface area (Å²) in [6.45, 7) is 4.79. The Balaban J connectivity index is 1.26. The van der Waals surface area contributed by atoms with Crippen LogP contribution in [0.1, 0.15) is 32.1 Å². The second-order valence-corrected chi connectivity index (χ2v) is 8.58. The van der Waals surface area contributed by atoms with Crippen molar-refractivity contribution >= 4 is 5.69 Å². The SMILES string of the molecule is Fc1ccc(N2CC[NH+](C3C4CC5CC(C4)CC3C5)CC2)cc1. The van der Waals surface area contributed by atoms with Gasteiger partial charge in [0.25, 0.3) is 0 Å². The molecule has 2 nitrogen and oxygen atoms in total. The van der Waals surface area contributed by atoms with E-state index in [-0.39, 0.29) is 5.82 Å². The maximum absolute atomic E-state index is 13.1. The van der Waals surface area contributed by atoms with Crippen LogP contribution in [0.25, 0.3) is 0 Å². The van der Waals surface area contributed by atoms with Gasteiger partial charge in [-0.25, -0.2) is 4.39 Å². The van der Waals surface area contributed by atoms with Crippen LogP contribution in [0.2, 0.25) is 0 Å². The zero-order valence-corrected chi connectivity index (χ0v) is 13.9. The lowest BCUT2D eigenvalue weighted by molar-refractivity contribution is -0.936. The van der Waals surface area contributed by atoms with E-state index in [1.165, 1.54) is 44.5 Å². The number of anilines is 1. The van der Waals surface area contributed by atoms with E-state index in [9.17, 15) is 4.39 Å². The molecule has 5 fully saturated rings. The molecule has 1 saturated heterocycles. The van der Waals surface area contributed by atoms with E-state index >= 15 is 0 Å². The Kier molecular flexibility index (Phi) is 3.40. The highest BCUT2D eigenvalue weighted by Gasteiger charge is 2.52. The molecule has 5 aliphatic rings. The molecule has 4 aliphatic carbocycles. The summed E-state index contributed by atoms with van der Waals surface area (Å²) in [6, 6.07) is 8.00. The molecule has 4 bridgehead atoms. The first-order valence-corrected chi connectivity index (χ1v) is 9.61. The van der Waals surface area contributed by atoms with Gasteiger partial charge in [0.05, 0.1) is 32.2 Å². The number of nitrogens with zero attached hydrogens (tertiary/aromatic N) is 1. The second-order valence-electron chi connectivity index (χ2n) is 8.58. The Morgan fingerprint density at radius 2 is 1.39 bits per heavy atom. The third-order valence-electron chi connectivity index (χ3n) is 7.30. The standard InChI is InChI=1S/C20H27FN2/c21-18-1-3-19(4-2-18)22-5-7-23(8-6-22)20-16-10-14-9-15(12-16)13-17(20)11-14/h1-4,14-17,20H,5-13H2/p+1. The van der Waals surface area contributed by atoms with Crippen LogP contribution >= 0.6 is 0 Å². The lowest BCUT2D eigenvalue weighted by Gasteiger charge is -2.56. The van der Waals surface area contributed by atoms with Crippen LogP contribution in [0.3, 0.4) is 0 Å². The normalized spacial score (nSPS) is 39.9. The van der Waals surface area contributed by atoms with Gasteiger partial charge >= 0.3 is 0 Å². The zero-order valence-electron chi connectivity index (χ0n) is 13.9. The average Bonchev–Trinajstić information content (AvgIpc) is 2.55. The summed E-state index contributed by atoms with van der Waals surface area (Å²) in [5.41, 5.74) is 1.19. The maximum atomic E-state index is 13.1. The van der Waals surface area contributed by atoms with E-state index < -0.39 is 0 Å². The molecule has 0 radical (unpaired) electrons. The number of rotatable bonds is 2. The first-order valence-electron chi connectivity index (χ1n) is 9.61. The van der Waals surface area contributed by atoms with Crippen LogP contribution in [0.5, 0.6) is 0 Å². The monoisotopic (exact) mass is 315 g/mol. The molecule has 0 aromatic heterocycles. The van der Waals surface area contributed by atoms with Crippen LogP contribution in [0, 0.1) is 29.5 Å². The molecule has 0 unspecified atom stereocenters. The van der Waals surface area contributed by atoms with E-state index in [4.69, 9.17) is 0 Å². The van der Waals surface area contributed by atoms with Crippen molar-refractivity contribution in [3.63, 3.8) is 0 Å². The lowest BCUT2D eigenvalue weighted by Crippen LogP contribution is -3.20. The predicted octanol–water partition coefficient (Wildman–Crippen LogP) is 2.36. The second kappa shape index (κ2) is 5.47. The van der Waals surface area contributed by atoms with Gasteiger partial charge in [-0.3, -0.25) is 0 Å². The van der Waals surface area contributed by atoms with Crippen molar-refractivity contribution < 1.29 is 9.29 Å². The van der Waals surface area contributed by atoms with Gasteiger partial charge in [0.2, 0.25) is 0 Å². The Hall–Kier alpha value is -1.09. The zero-order chi connectivity index (χ0) is 15.4. The number of quaternary nitrogens is 1. The van der Waals surface area contributed by atoms with Crippen LogP contribution < -0.4 is 9.80 Å². The van der Waals surface area contributed by atoms with E-state index in [0.29, 0.717) is 0 Å². The van der Waals surface area contributed by atoms with Crippen LogP contribution in [-0.2, 0) is 0 Å². The molecule has 0 atom stereocenters. The molecule has 1 heterocycles. The molecule has 6 rings (SSSR count). The smallest absolute Gasteiger partial charge is 0.123 e. The fourth-order valence-corrected chi connectivity index (χ4v) is 6.63. The summed E-state index contributed by atoms with van der Waals surface area (Å²) in [5.74, 6) is 4.08. The predicted molar refractivity (Wildman–Crippen MR) is 90.1 cm³/mol. The minimum atomic E-state index is -0.133. The van der Waals surface area contributed by atoms with Gasteiger partial charge in [0.15, 0.2) is 0 Å². The number of nitrogens with one attached hydrogen (secondary N) is 1. The Morgan fingerprint density at radius 1 is 0.826 bits per heavy atom. The molecular formula is C20H28FN2+. The average molecular weight is 315 g/mol. The molecule has 124 valence electrons. The summed E-state index contributed by atoms with van der Waals surface area (Å²) in [7, 11) is 0. The highest BCUT2D eigenvalue weighted by atomic mass is 19.1. The quantitative estimate of drug-likeness (QED) is 0.880. The van der Waals surface area contributed by atoms with Gasteiger partial charge in [0, 0.05) is 17.5 Å².